The Morgan fingerprint density at radius 3 is 2.56 bits per heavy atom. The van der Waals surface area contributed by atoms with E-state index in [0.29, 0.717) is 43.4 Å². The molecule has 0 spiro atoms. The quantitative estimate of drug-likeness (QED) is 0.175. The Kier molecular flexibility index (Phi) is 7.58. The minimum atomic E-state index is -0.755. The van der Waals surface area contributed by atoms with E-state index in [-0.39, 0.29) is 29.2 Å². The molecule has 0 N–H and O–H groups in total. The van der Waals surface area contributed by atoms with Crippen molar-refractivity contribution >= 4 is 29.1 Å². The van der Waals surface area contributed by atoms with Crippen LogP contribution in [-0.4, -0.2) is 36.3 Å². The molecule has 12 heteroatoms. The SMILES string of the molecule is CCOC(=O)C1=C(C)N=c2s/c(=C\c3ccc(-c4ccc([N+](=O)[O-])cc4OC)o3)c(=O)n2[C@H]1c1ccc(OC)cc1. The molecule has 1 aliphatic heterocycles. The van der Waals surface area contributed by atoms with Crippen LogP contribution in [0.25, 0.3) is 17.4 Å². The number of non-ortho nitro benzene ring substituents is 1. The van der Waals surface area contributed by atoms with Gasteiger partial charge in [0.05, 0.1) is 59.2 Å². The minimum absolute atomic E-state index is 0.109. The third-order valence-electron chi connectivity index (χ3n) is 6.51. The van der Waals surface area contributed by atoms with Gasteiger partial charge in [-0.15, -0.1) is 0 Å². The number of carbonyl (C=O) groups excluding carboxylic acids is 1. The molecule has 5 rings (SSSR count). The van der Waals surface area contributed by atoms with Gasteiger partial charge in [-0.1, -0.05) is 23.5 Å². The highest BCUT2D eigenvalue weighted by molar-refractivity contribution is 7.07. The molecule has 3 heterocycles. The first-order valence-electron chi connectivity index (χ1n) is 12.5. The molecule has 11 nitrogen and oxygen atoms in total. The van der Waals surface area contributed by atoms with Crippen LogP contribution in [0.1, 0.15) is 31.2 Å². The van der Waals surface area contributed by atoms with Crippen molar-refractivity contribution in [3.63, 3.8) is 0 Å². The third-order valence-corrected chi connectivity index (χ3v) is 7.49. The lowest BCUT2D eigenvalue weighted by atomic mass is 9.96. The maximum Gasteiger partial charge on any atom is 0.338 e. The van der Waals surface area contributed by atoms with Gasteiger partial charge in [0.1, 0.15) is 23.0 Å². The maximum atomic E-state index is 13.8. The van der Waals surface area contributed by atoms with Crippen LogP contribution in [0.4, 0.5) is 5.69 Å². The molecule has 2 aromatic carbocycles. The van der Waals surface area contributed by atoms with Crippen molar-refractivity contribution in [3.05, 3.63) is 107 Å². The highest BCUT2D eigenvalue weighted by atomic mass is 32.1. The molecule has 4 aromatic rings. The zero-order chi connectivity index (χ0) is 29.3. The van der Waals surface area contributed by atoms with Crippen molar-refractivity contribution in [3.8, 4) is 22.8 Å². The molecule has 1 atom stereocenters. The number of fused-ring (bicyclic) bond motifs is 1. The van der Waals surface area contributed by atoms with Gasteiger partial charge in [0.15, 0.2) is 4.80 Å². The molecule has 2 aromatic heterocycles. The van der Waals surface area contributed by atoms with Gasteiger partial charge in [-0.2, -0.15) is 0 Å². The fraction of sp³-hybridized carbons (Fsp3) is 0.207. The topological polar surface area (TPSA) is 135 Å². The molecule has 0 bridgehead atoms. The maximum absolute atomic E-state index is 13.8. The second-order valence-electron chi connectivity index (χ2n) is 8.92. The first kappa shape index (κ1) is 27.6. The number of benzene rings is 2. The van der Waals surface area contributed by atoms with Crippen LogP contribution < -0.4 is 24.4 Å². The van der Waals surface area contributed by atoms with Gasteiger partial charge in [-0.3, -0.25) is 19.5 Å². The number of hydrogen-bond acceptors (Lipinski definition) is 10. The standard InChI is InChI=1S/C29H25N3O8S/c1-5-39-28(34)25-16(2)30-29-31(26(25)17-6-9-19(37-3)10-7-17)27(33)24(41-29)15-20-11-13-22(40-20)21-12-8-18(32(35)36)14-23(21)38-4/h6-15,26H,5H2,1-4H3/b24-15-/t26-/m0/s1. The van der Waals surface area contributed by atoms with Crippen LogP contribution in [0.15, 0.2) is 80.1 Å². The molecule has 0 fully saturated rings. The Morgan fingerprint density at radius 2 is 1.90 bits per heavy atom. The fourth-order valence-electron chi connectivity index (χ4n) is 4.59. The first-order chi connectivity index (χ1) is 19.7. The van der Waals surface area contributed by atoms with E-state index in [4.69, 9.17) is 18.6 Å². The van der Waals surface area contributed by atoms with E-state index in [0.717, 1.165) is 0 Å². The molecule has 0 radical (unpaired) electrons. The normalized spacial score (nSPS) is 14.8. The van der Waals surface area contributed by atoms with Crippen LogP contribution in [-0.2, 0) is 9.53 Å². The fourth-order valence-corrected chi connectivity index (χ4v) is 5.62. The van der Waals surface area contributed by atoms with Crippen molar-refractivity contribution < 1.29 is 28.3 Å². The monoisotopic (exact) mass is 575 g/mol. The smallest absolute Gasteiger partial charge is 0.338 e. The van der Waals surface area contributed by atoms with E-state index < -0.39 is 16.9 Å². The summed E-state index contributed by atoms with van der Waals surface area (Å²) in [6.45, 7) is 3.61. The third kappa shape index (κ3) is 5.16. The van der Waals surface area contributed by atoms with Gasteiger partial charge in [0.2, 0.25) is 0 Å². The number of methoxy groups -OCH3 is 2. The van der Waals surface area contributed by atoms with Crippen LogP contribution in [0.2, 0.25) is 0 Å². The molecule has 0 aliphatic carbocycles. The number of hydrogen-bond donors (Lipinski definition) is 0. The molecule has 0 unspecified atom stereocenters. The number of thiazole rings is 1. The molecule has 41 heavy (non-hydrogen) atoms. The summed E-state index contributed by atoms with van der Waals surface area (Å²) in [7, 11) is 2.98. The van der Waals surface area contributed by atoms with E-state index in [1.165, 1.54) is 35.1 Å². The number of esters is 1. The predicted molar refractivity (Wildman–Crippen MR) is 151 cm³/mol. The predicted octanol–water partition coefficient (Wildman–Crippen LogP) is 3.98. The Hall–Kier alpha value is -4.97. The average molecular weight is 576 g/mol. The van der Waals surface area contributed by atoms with Crippen LogP contribution >= 0.6 is 11.3 Å². The zero-order valence-electron chi connectivity index (χ0n) is 22.6. The molecule has 210 valence electrons. The molecule has 1 aliphatic rings. The van der Waals surface area contributed by atoms with Gasteiger partial charge in [-0.25, -0.2) is 9.79 Å². The zero-order valence-corrected chi connectivity index (χ0v) is 23.4. The number of nitro groups is 1. The highest BCUT2D eigenvalue weighted by Gasteiger charge is 2.33. The molecular weight excluding hydrogens is 550 g/mol. The number of allylic oxidation sites excluding steroid dienone is 1. The van der Waals surface area contributed by atoms with Crippen LogP contribution in [0.3, 0.4) is 0 Å². The Balaban J connectivity index is 1.60. The molecular formula is C29H25N3O8S. The van der Waals surface area contributed by atoms with Crippen LogP contribution in [0, 0.1) is 10.1 Å². The number of rotatable bonds is 8. The van der Waals surface area contributed by atoms with Crippen LogP contribution in [0.5, 0.6) is 11.5 Å². The number of ether oxygens (including phenoxy) is 3. The summed E-state index contributed by atoms with van der Waals surface area (Å²) in [4.78, 5) is 42.5. The summed E-state index contributed by atoms with van der Waals surface area (Å²) in [5, 5.41) is 11.1. The van der Waals surface area contributed by atoms with E-state index in [1.54, 1.807) is 69.5 Å². The lowest BCUT2D eigenvalue weighted by Gasteiger charge is -2.24. The minimum Gasteiger partial charge on any atom is -0.497 e. The largest absolute Gasteiger partial charge is 0.497 e. The van der Waals surface area contributed by atoms with Crippen molar-refractivity contribution in [1.29, 1.82) is 0 Å². The number of nitro benzene ring substituents is 1. The Bertz CT molecular complexity index is 1860. The first-order valence-corrected chi connectivity index (χ1v) is 13.3. The number of nitrogens with zero attached hydrogens (tertiary/aromatic N) is 3. The second-order valence-corrected chi connectivity index (χ2v) is 9.93. The van der Waals surface area contributed by atoms with Gasteiger partial charge in [0, 0.05) is 12.1 Å². The number of furan rings is 1. The molecule has 0 amide bonds. The van der Waals surface area contributed by atoms with E-state index >= 15 is 0 Å². The Labute approximate surface area is 237 Å². The average Bonchev–Trinajstić information content (AvgIpc) is 3.56. The summed E-state index contributed by atoms with van der Waals surface area (Å²) in [5.74, 6) is 1.16. The Morgan fingerprint density at radius 1 is 1.15 bits per heavy atom. The molecule has 0 saturated heterocycles. The number of aromatic nitrogens is 1. The van der Waals surface area contributed by atoms with Crippen molar-refractivity contribution in [2.24, 2.45) is 4.99 Å². The van der Waals surface area contributed by atoms with Gasteiger partial charge < -0.3 is 18.6 Å². The van der Waals surface area contributed by atoms with E-state index in [2.05, 4.69) is 4.99 Å². The number of carbonyl (C=O) groups is 1. The van der Waals surface area contributed by atoms with Crippen molar-refractivity contribution in [2.75, 3.05) is 20.8 Å². The highest BCUT2D eigenvalue weighted by Crippen LogP contribution is 2.35. The summed E-state index contributed by atoms with van der Waals surface area (Å²) in [5.41, 5.74) is 1.50. The summed E-state index contributed by atoms with van der Waals surface area (Å²) < 4.78 is 23.7. The second kappa shape index (κ2) is 11.3. The van der Waals surface area contributed by atoms with Crippen molar-refractivity contribution in [2.45, 2.75) is 19.9 Å². The van der Waals surface area contributed by atoms with Gasteiger partial charge in [-0.05, 0) is 49.7 Å². The lowest BCUT2D eigenvalue weighted by molar-refractivity contribution is -0.384. The summed E-state index contributed by atoms with van der Waals surface area (Å²) in [6.07, 6.45) is 1.60. The van der Waals surface area contributed by atoms with E-state index in [1.807, 2.05) is 0 Å². The summed E-state index contributed by atoms with van der Waals surface area (Å²) in [6, 6.07) is 14.0. The summed E-state index contributed by atoms with van der Waals surface area (Å²) >= 11 is 1.17. The molecule has 0 saturated carbocycles. The van der Waals surface area contributed by atoms with Crippen molar-refractivity contribution in [1.82, 2.24) is 4.57 Å². The van der Waals surface area contributed by atoms with Gasteiger partial charge >= 0.3 is 5.97 Å². The van der Waals surface area contributed by atoms with Gasteiger partial charge in [0.25, 0.3) is 11.2 Å². The van der Waals surface area contributed by atoms with E-state index in [9.17, 15) is 19.7 Å². The lowest BCUT2D eigenvalue weighted by Crippen LogP contribution is -2.39.